The summed E-state index contributed by atoms with van der Waals surface area (Å²) in [5.41, 5.74) is 1.20. The molecule has 0 spiro atoms. The van der Waals surface area contributed by atoms with Crippen molar-refractivity contribution in [1.82, 2.24) is 9.88 Å². The SMILES string of the molecule is CSc1ccc(N2CCOC(C(C)(C)N(C)C)C2)cn1. The van der Waals surface area contributed by atoms with Gasteiger partial charge in [0.1, 0.15) is 0 Å². The van der Waals surface area contributed by atoms with Crippen molar-refractivity contribution in [2.45, 2.75) is 30.5 Å². The summed E-state index contributed by atoms with van der Waals surface area (Å²) in [5, 5.41) is 1.06. The van der Waals surface area contributed by atoms with Crippen LogP contribution in [0.15, 0.2) is 23.4 Å². The molecule has 5 heteroatoms. The average molecular weight is 295 g/mol. The first-order valence-electron chi connectivity index (χ1n) is 6.99. The molecule has 0 radical (unpaired) electrons. The minimum atomic E-state index is 0.0192. The number of thioether (sulfide) groups is 1. The molecular weight excluding hydrogens is 270 g/mol. The van der Waals surface area contributed by atoms with Crippen LogP contribution in [-0.2, 0) is 4.74 Å². The summed E-state index contributed by atoms with van der Waals surface area (Å²) in [7, 11) is 4.22. The average Bonchev–Trinajstić information content (AvgIpc) is 2.47. The Morgan fingerprint density at radius 3 is 2.70 bits per heavy atom. The van der Waals surface area contributed by atoms with E-state index in [-0.39, 0.29) is 11.6 Å². The standard InChI is InChI=1S/C15H25N3OS/c1-15(2,17(3)4)13-11-18(8-9-19-13)12-6-7-14(20-5)16-10-12/h6-7,10,13H,8-9,11H2,1-5H3. The number of ether oxygens (including phenoxy) is 1. The van der Waals surface area contributed by atoms with E-state index in [2.05, 4.69) is 54.9 Å². The summed E-state index contributed by atoms with van der Waals surface area (Å²) in [6.45, 7) is 7.07. The first-order valence-corrected chi connectivity index (χ1v) is 8.21. The van der Waals surface area contributed by atoms with Gasteiger partial charge in [0, 0.05) is 18.6 Å². The number of hydrogen-bond donors (Lipinski definition) is 0. The van der Waals surface area contributed by atoms with Gasteiger partial charge in [0.2, 0.25) is 0 Å². The van der Waals surface area contributed by atoms with E-state index in [0.717, 1.165) is 24.7 Å². The van der Waals surface area contributed by atoms with Crippen molar-refractivity contribution in [3.63, 3.8) is 0 Å². The first-order chi connectivity index (χ1) is 9.45. The van der Waals surface area contributed by atoms with Crippen molar-refractivity contribution in [1.29, 1.82) is 0 Å². The molecule has 0 amide bonds. The van der Waals surface area contributed by atoms with E-state index in [1.807, 2.05) is 12.5 Å². The maximum Gasteiger partial charge on any atom is 0.0958 e. The molecule has 112 valence electrons. The van der Waals surface area contributed by atoms with Gasteiger partial charge < -0.3 is 14.5 Å². The molecule has 0 bridgehead atoms. The van der Waals surface area contributed by atoms with Gasteiger partial charge in [-0.1, -0.05) is 0 Å². The lowest BCUT2D eigenvalue weighted by atomic mass is 9.94. The van der Waals surface area contributed by atoms with Crippen LogP contribution in [0.4, 0.5) is 5.69 Å². The molecular formula is C15H25N3OS. The van der Waals surface area contributed by atoms with Crippen LogP contribution < -0.4 is 4.90 Å². The molecule has 1 aromatic rings. The van der Waals surface area contributed by atoms with Crippen molar-refractivity contribution >= 4 is 17.4 Å². The van der Waals surface area contributed by atoms with E-state index in [9.17, 15) is 0 Å². The normalized spacial score (nSPS) is 20.5. The Kier molecular flexibility index (Phi) is 4.94. The summed E-state index contributed by atoms with van der Waals surface area (Å²) < 4.78 is 5.99. The smallest absolute Gasteiger partial charge is 0.0958 e. The molecule has 2 rings (SSSR count). The van der Waals surface area contributed by atoms with Crippen LogP contribution in [0.25, 0.3) is 0 Å². The van der Waals surface area contributed by atoms with Crippen LogP contribution in [0.1, 0.15) is 13.8 Å². The molecule has 1 saturated heterocycles. The summed E-state index contributed by atoms with van der Waals surface area (Å²) >= 11 is 1.67. The van der Waals surface area contributed by atoms with Gasteiger partial charge >= 0.3 is 0 Å². The Morgan fingerprint density at radius 1 is 1.40 bits per heavy atom. The van der Waals surface area contributed by atoms with Crippen LogP contribution in [-0.4, -0.2) is 61.6 Å². The number of anilines is 1. The van der Waals surface area contributed by atoms with Gasteiger partial charge in [0.25, 0.3) is 0 Å². The highest BCUT2D eigenvalue weighted by Gasteiger charge is 2.36. The van der Waals surface area contributed by atoms with E-state index >= 15 is 0 Å². The monoisotopic (exact) mass is 295 g/mol. The lowest BCUT2D eigenvalue weighted by Gasteiger charge is -2.45. The van der Waals surface area contributed by atoms with Crippen molar-refractivity contribution in [2.24, 2.45) is 0 Å². The van der Waals surface area contributed by atoms with Crippen LogP contribution in [0, 0.1) is 0 Å². The fourth-order valence-corrected chi connectivity index (χ4v) is 2.64. The highest BCUT2D eigenvalue weighted by Crippen LogP contribution is 2.26. The third-order valence-corrected chi connectivity index (χ3v) is 4.96. The number of morpholine rings is 1. The van der Waals surface area contributed by atoms with Gasteiger partial charge in [0.15, 0.2) is 0 Å². The molecule has 1 unspecified atom stereocenters. The van der Waals surface area contributed by atoms with Gasteiger partial charge in [-0.3, -0.25) is 0 Å². The zero-order chi connectivity index (χ0) is 14.8. The Balaban J connectivity index is 2.10. The van der Waals surface area contributed by atoms with Crippen molar-refractivity contribution in [3.05, 3.63) is 18.3 Å². The number of pyridine rings is 1. The Hall–Kier alpha value is -0.780. The van der Waals surface area contributed by atoms with Crippen LogP contribution in [0.5, 0.6) is 0 Å². The highest BCUT2D eigenvalue weighted by atomic mass is 32.2. The Labute approximate surface area is 126 Å². The molecule has 0 aliphatic carbocycles. The summed E-state index contributed by atoms with van der Waals surface area (Å²) in [6, 6.07) is 4.24. The fraction of sp³-hybridized carbons (Fsp3) is 0.667. The van der Waals surface area contributed by atoms with Crippen molar-refractivity contribution < 1.29 is 4.74 Å². The number of hydrogen-bond acceptors (Lipinski definition) is 5. The second-order valence-electron chi connectivity index (χ2n) is 5.91. The number of likely N-dealkylation sites (N-methyl/N-ethyl adjacent to an activating group) is 1. The topological polar surface area (TPSA) is 28.6 Å². The van der Waals surface area contributed by atoms with E-state index in [1.165, 1.54) is 5.69 Å². The van der Waals surface area contributed by atoms with Gasteiger partial charge in [0.05, 0.1) is 29.6 Å². The molecule has 1 aliphatic rings. The van der Waals surface area contributed by atoms with Gasteiger partial charge in [-0.2, -0.15) is 0 Å². The third-order valence-electron chi connectivity index (χ3n) is 4.30. The molecule has 1 atom stereocenters. The number of aromatic nitrogens is 1. The molecule has 1 fully saturated rings. The minimum Gasteiger partial charge on any atom is -0.373 e. The van der Waals surface area contributed by atoms with E-state index in [4.69, 9.17) is 4.74 Å². The largest absolute Gasteiger partial charge is 0.373 e. The summed E-state index contributed by atoms with van der Waals surface area (Å²) in [6.07, 6.45) is 4.22. The predicted octanol–water partition coefficient (Wildman–Crippen LogP) is 2.35. The lowest BCUT2D eigenvalue weighted by Crippen LogP contribution is -2.57. The molecule has 1 aliphatic heterocycles. The zero-order valence-corrected chi connectivity index (χ0v) is 13.9. The van der Waals surface area contributed by atoms with Gasteiger partial charge in [-0.05, 0) is 46.3 Å². The lowest BCUT2D eigenvalue weighted by molar-refractivity contribution is -0.0484. The second kappa shape index (κ2) is 6.33. The molecule has 2 heterocycles. The van der Waals surface area contributed by atoms with E-state index in [1.54, 1.807) is 11.8 Å². The minimum absolute atomic E-state index is 0.0192. The molecule has 0 aromatic carbocycles. The van der Waals surface area contributed by atoms with E-state index < -0.39 is 0 Å². The Morgan fingerprint density at radius 2 is 2.15 bits per heavy atom. The quantitative estimate of drug-likeness (QED) is 0.795. The second-order valence-corrected chi connectivity index (χ2v) is 6.74. The third kappa shape index (κ3) is 3.27. The van der Waals surface area contributed by atoms with E-state index in [0.29, 0.717) is 0 Å². The van der Waals surface area contributed by atoms with Gasteiger partial charge in [-0.25, -0.2) is 4.98 Å². The van der Waals surface area contributed by atoms with Crippen LogP contribution in [0.3, 0.4) is 0 Å². The first kappa shape index (κ1) is 15.6. The summed E-state index contributed by atoms with van der Waals surface area (Å²) in [5.74, 6) is 0. The molecule has 0 saturated carbocycles. The summed E-state index contributed by atoms with van der Waals surface area (Å²) in [4.78, 5) is 9.07. The van der Waals surface area contributed by atoms with Crippen molar-refractivity contribution in [3.8, 4) is 0 Å². The maximum atomic E-state index is 5.99. The van der Waals surface area contributed by atoms with Crippen molar-refractivity contribution in [2.75, 3.05) is 44.9 Å². The maximum absolute atomic E-state index is 5.99. The van der Waals surface area contributed by atoms with Crippen LogP contribution in [0.2, 0.25) is 0 Å². The molecule has 1 aromatic heterocycles. The number of rotatable bonds is 4. The molecule has 0 N–H and O–H groups in total. The zero-order valence-electron chi connectivity index (χ0n) is 13.1. The van der Waals surface area contributed by atoms with Gasteiger partial charge in [-0.15, -0.1) is 11.8 Å². The number of nitrogens with zero attached hydrogens (tertiary/aromatic N) is 3. The molecule has 4 nitrogen and oxygen atoms in total. The fourth-order valence-electron chi connectivity index (χ4n) is 2.28. The predicted molar refractivity (Wildman–Crippen MR) is 85.7 cm³/mol. The Bertz CT molecular complexity index is 433. The molecule has 20 heavy (non-hydrogen) atoms. The highest BCUT2D eigenvalue weighted by molar-refractivity contribution is 7.98. The van der Waals surface area contributed by atoms with Crippen LogP contribution >= 0.6 is 11.8 Å².